The Kier molecular flexibility index (Phi) is 6.03. The zero-order chi connectivity index (χ0) is 15.6. The first kappa shape index (κ1) is 18.2. The van der Waals surface area contributed by atoms with E-state index in [9.17, 15) is 0 Å². The van der Waals surface area contributed by atoms with Crippen LogP contribution in [-0.4, -0.2) is 37.1 Å². The minimum Gasteiger partial charge on any atom is -0.493 e. The molecule has 1 aromatic heterocycles. The van der Waals surface area contributed by atoms with Gasteiger partial charge >= 0.3 is 0 Å². The molecule has 3 rings (SSSR count). The third-order valence-corrected chi connectivity index (χ3v) is 5.08. The lowest BCUT2D eigenvalue weighted by molar-refractivity contribution is 0.194. The van der Waals surface area contributed by atoms with E-state index in [0.717, 1.165) is 34.3 Å². The van der Waals surface area contributed by atoms with Crippen molar-refractivity contribution in [1.82, 2.24) is 9.88 Å². The second-order valence-electron chi connectivity index (χ2n) is 6.39. The third kappa shape index (κ3) is 4.67. The Labute approximate surface area is 148 Å². The molecule has 6 heteroatoms. The number of rotatable bonds is 7. The molecule has 1 aromatic carbocycles. The van der Waals surface area contributed by atoms with E-state index in [0.29, 0.717) is 12.0 Å². The minimum absolute atomic E-state index is 0. The van der Waals surface area contributed by atoms with Gasteiger partial charge in [0.15, 0.2) is 0 Å². The van der Waals surface area contributed by atoms with Gasteiger partial charge in [0.05, 0.1) is 6.61 Å². The molecule has 0 atom stereocenters. The maximum Gasteiger partial charge on any atom is 0.123 e. The van der Waals surface area contributed by atoms with E-state index in [2.05, 4.69) is 36.1 Å². The third-order valence-electron chi connectivity index (χ3n) is 4.01. The maximum absolute atomic E-state index is 5.99. The van der Waals surface area contributed by atoms with Crippen LogP contribution in [0.5, 0.6) is 5.75 Å². The van der Waals surface area contributed by atoms with Gasteiger partial charge in [-0.05, 0) is 51.2 Å². The molecule has 0 radical (unpaired) electrons. The van der Waals surface area contributed by atoms with Gasteiger partial charge in [-0.2, -0.15) is 0 Å². The van der Waals surface area contributed by atoms with Crippen molar-refractivity contribution in [1.29, 1.82) is 0 Å². The minimum atomic E-state index is 0. The van der Waals surface area contributed by atoms with Crippen molar-refractivity contribution >= 4 is 23.7 Å². The van der Waals surface area contributed by atoms with Crippen LogP contribution in [0.4, 0.5) is 0 Å². The molecule has 0 amide bonds. The van der Waals surface area contributed by atoms with Gasteiger partial charge in [-0.15, -0.1) is 23.7 Å². The molecule has 0 aliphatic heterocycles. The van der Waals surface area contributed by atoms with E-state index in [4.69, 9.17) is 10.5 Å². The molecule has 1 saturated carbocycles. The van der Waals surface area contributed by atoms with Crippen LogP contribution in [0.2, 0.25) is 0 Å². The van der Waals surface area contributed by atoms with E-state index in [1.165, 1.54) is 12.8 Å². The molecule has 2 aromatic rings. The average molecular weight is 354 g/mol. The molecule has 126 valence electrons. The fourth-order valence-corrected chi connectivity index (χ4v) is 3.46. The van der Waals surface area contributed by atoms with Crippen LogP contribution in [0.3, 0.4) is 0 Å². The number of aromatic nitrogens is 1. The predicted octanol–water partition coefficient (Wildman–Crippen LogP) is 3.41. The van der Waals surface area contributed by atoms with Gasteiger partial charge in [0.25, 0.3) is 0 Å². The van der Waals surface area contributed by atoms with Gasteiger partial charge in [0.1, 0.15) is 10.8 Å². The summed E-state index contributed by atoms with van der Waals surface area (Å²) >= 11 is 1.64. The number of hydrogen-bond donors (Lipinski definition) is 1. The molecule has 0 spiro atoms. The van der Waals surface area contributed by atoms with E-state index >= 15 is 0 Å². The Balaban J connectivity index is 0.00000192. The van der Waals surface area contributed by atoms with Crippen LogP contribution >= 0.6 is 23.7 Å². The van der Waals surface area contributed by atoms with Crippen molar-refractivity contribution in [2.45, 2.75) is 19.4 Å². The second kappa shape index (κ2) is 7.62. The molecule has 2 N–H and O–H groups in total. The maximum atomic E-state index is 5.99. The first-order valence-corrected chi connectivity index (χ1v) is 8.45. The van der Waals surface area contributed by atoms with Crippen molar-refractivity contribution in [3.05, 3.63) is 35.3 Å². The van der Waals surface area contributed by atoms with Gasteiger partial charge in [-0.25, -0.2) is 4.98 Å². The number of halogens is 1. The molecule has 1 heterocycles. The van der Waals surface area contributed by atoms with Crippen molar-refractivity contribution in [3.63, 3.8) is 0 Å². The zero-order valence-corrected chi connectivity index (χ0v) is 15.3. The van der Waals surface area contributed by atoms with Gasteiger partial charge in [-0.1, -0.05) is 0 Å². The fraction of sp³-hybridized carbons (Fsp3) is 0.471. The number of ether oxygens (including phenoxy) is 1. The highest BCUT2D eigenvalue weighted by Crippen LogP contribution is 2.46. The highest BCUT2D eigenvalue weighted by atomic mass is 35.5. The molecule has 23 heavy (non-hydrogen) atoms. The molecule has 0 unspecified atom stereocenters. The summed E-state index contributed by atoms with van der Waals surface area (Å²) in [6, 6.07) is 8.20. The van der Waals surface area contributed by atoms with Gasteiger partial charge in [-0.3, -0.25) is 0 Å². The van der Waals surface area contributed by atoms with E-state index in [1.54, 1.807) is 11.3 Å². The van der Waals surface area contributed by atoms with Crippen molar-refractivity contribution < 1.29 is 4.74 Å². The summed E-state index contributed by atoms with van der Waals surface area (Å²) in [5, 5.41) is 1.01. The summed E-state index contributed by atoms with van der Waals surface area (Å²) in [6.45, 7) is 2.46. The molecular weight excluding hydrogens is 330 g/mol. The summed E-state index contributed by atoms with van der Waals surface area (Å²) < 4.78 is 5.99. The molecule has 0 saturated heterocycles. The van der Waals surface area contributed by atoms with Crippen molar-refractivity contribution in [2.24, 2.45) is 11.1 Å². The Morgan fingerprint density at radius 2 is 1.96 bits per heavy atom. The standard InChI is InChI=1S/C17H23N3OS.ClH/c1-20(2)11-17(7-8-17)12-21-14-5-3-13(4-6-14)16-19-10-15(9-18)22-16;/h3-6,10H,7-9,11-12,18H2,1-2H3;1H. The highest BCUT2D eigenvalue weighted by molar-refractivity contribution is 7.15. The second-order valence-corrected chi connectivity index (χ2v) is 7.50. The fourth-order valence-electron chi connectivity index (χ4n) is 2.66. The SMILES string of the molecule is CN(C)CC1(COc2ccc(-c3ncc(CN)s3)cc2)CC1.Cl. The summed E-state index contributed by atoms with van der Waals surface area (Å²) in [5.74, 6) is 0.935. The van der Waals surface area contributed by atoms with Crippen LogP contribution in [-0.2, 0) is 6.54 Å². The number of benzene rings is 1. The molecule has 1 fully saturated rings. The lowest BCUT2D eigenvalue weighted by Gasteiger charge is -2.20. The Morgan fingerprint density at radius 1 is 1.26 bits per heavy atom. The van der Waals surface area contributed by atoms with E-state index in [1.807, 2.05) is 18.3 Å². The van der Waals surface area contributed by atoms with Crippen LogP contribution in [0.25, 0.3) is 10.6 Å². The van der Waals surface area contributed by atoms with Crippen LogP contribution in [0.15, 0.2) is 30.5 Å². The Bertz CT molecular complexity index is 623. The first-order chi connectivity index (χ1) is 10.6. The predicted molar refractivity (Wildman–Crippen MR) is 98.4 cm³/mol. The molecule has 0 bridgehead atoms. The number of thiazole rings is 1. The van der Waals surface area contributed by atoms with E-state index in [-0.39, 0.29) is 12.4 Å². The van der Waals surface area contributed by atoms with Crippen LogP contribution < -0.4 is 10.5 Å². The zero-order valence-electron chi connectivity index (χ0n) is 13.6. The highest BCUT2D eigenvalue weighted by Gasteiger charge is 2.43. The lowest BCUT2D eigenvalue weighted by Crippen LogP contribution is -2.27. The molecule has 4 nitrogen and oxygen atoms in total. The van der Waals surface area contributed by atoms with Crippen molar-refractivity contribution in [2.75, 3.05) is 27.2 Å². The number of nitrogens with two attached hydrogens (primary N) is 1. The average Bonchev–Trinajstić information content (AvgIpc) is 3.10. The Morgan fingerprint density at radius 3 is 2.48 bits per heavy atom. The summed E-state index contributed by atoms with van der Waals surface area (Å²) in [7, 11) is 4.25. The number of hydrogen-bond acceptors (Lipinski definition) is 5. The molecule has 1 aliphatic rings. The molecular formula is C17H24ClN3OS. The lowest BCUT2D eigenvalue weighted by atomic mass is 10.1. The van der Waals surface area contributed by atoms with Crippen LogP contribution in [0, 0.1) is 5.41 Å². The molecule has 1 aliphatic carbocycles. The summed E-state index contributed by atoms with van der Waals surface area (Å²) in [5.41, 5.74) is 7.12. The van der Waals surface area contributed by atoms with Gasteiger partial charge in [0.2, 0.25) is 0 Å². The summed E-state index contributed by atoms with van der Waals surface area (Å²) in [4.78, 5) is 7.76. The topological polar surface area (TPSA) is 51.4 Å². The number of nitrogens with zero attached hydrogens (tertiary/aromatic N) is 2. The normalized spacial score (nSPS) is 15.3. The van der Waals surface area contributed by atoms with Crippen LogP contribution in [0.1, 0.15) is 17.7 Å². The quantitative estimate of drug-likeness (QED) is 0.828. The monoisotopic (exact) mass is 353 g/mol. The Hall–Kier alpha value is -1.14. The smallest absolute Gasteiger partial charge is 0.123 e. The first-order valence-electron chi connectivity index (χ1n) is 7.63. The van der Waals surface area contributed by atoms with Gasteiger partial charge in [0, 0.05) is 35.1 Å². The van der Waals surface area contributed by atoms with Crippen molar-refractivity contribution in [3.8, 4) is 16.3 Å². The van der Waals surface area contributed by atoms with Gasteiger partial charge < -0.3 is 15.4 Å². The summed E-state index contributed by atoms with van der Waals surface area (Å²) in [6.07, 6.45) is 4.39. The largest absolute Gasteiger partial charge is 0.493 e. The van der Waals surface area contributed by atoms with E-state index < -0.39 is 0 Å².